The Morgan fingerprint density at radius 1 is 1.04 bits per heavy atom. The maximum absolute atomic E-state index is 6.15. The zero-order valence-electron chi connectivity index (χ0n) is 15.0. The number of hydrogen-bond acceptors (Lipinski definition) is 5. The SMILES string of the molecule is COc1cc2c(cc1OC)C(COc1cccc3cccnc13)NCC2. The number of fused-ring (bicyclic) bond motifs is 2. The standard InChI is InChI=1S/C21H22N2O3/c1-24-19-11-15-8-10-22-17(16(15)12-20(19)25-2)13-26-18-7-3-5-14-6-4-9-23-21(14)18/h3-7,9,11-12,17,22H,8,10,13H2,1-2H3. The molecule has 1 N–H and O–H groups in total. The molecule has 0 saturated heterocycles. The van der Waals surface area contributed by atoms with Gasteiger partial charge in [0.05, 0.1) is 20.3 Å². The lowest BCUT2D eigenvalue weighted by Crippen LogP contribution is -2.33. The minimum absolute atomic E-state index is 0.0949. The molecule has 1 aliphatic heterocycles. The fourth-order valence-electron chi connectivity index (χ4n) is 3.48. The Labute approximate surface area is 152 Å². The largest absolute Gasteiger partial charge is 0.493 e. The molecule has 134 valence electrons. The second-order valence-corrected chi connectivity index (χ2v) is 6.30. The van der Waals surface area contributed by atoms with E-state index in [1.807, 2.05) is 30.3 Å². The van der Waals surface area contributed by atoms with E-state index in [9.17, 15) is 0 Å². The number of methoxy groups -OCH3 is 2. The van der Waals surface area contributed by atoms with Crippen LogP contribution in [0, 0.1) is 0 Å². The van der Waals surface area contributed by atoms with Crippen molar-refractivity contribution in [3.8, 4) is 17.2 Å². The predicted octanol–water partition coefficient (Wildman–Crippen LogP) is 3.52. The Hall–Kier alpha value is -2.79. The lowest BCUT2D eigenvalue weighted by Gasteiger charge is -2.28. The highest BCUT2D eigenvalue weighted by molar-refractivity contribution is 5.84. The molecule has 0 bridgehead atoms. The second-order valence-electron chi connectivity index (χ2n) is 6.30. The molecule has 2 heterocycles. The molecule has 2 aromatic carbocycles. The van der Waals surface area contributed by atoms with Crippen LogP contribution in [0.25, 0.3) is 10.9 Å². The number of nitrogens with zero attached hydrogens (tertiary/aromatic N) is 1. The molecule has 5 heteroatoms. The Morgan fingerprint density at radius 3 is 2.69 bits per heavy atom. The number of pyridine rings is 1. The van der Waals surface area contributed by atoms with E-state index in [-0.39, 0.29) is 6.04 Å². The van der Waals surface area contributed by atoms with Gasteiger partial charge in [0.1, 0.15) is 17.9 Å². The third-order valence-electron chi connectivity index (χ3n) is 4.81. The maximum Gasteiger partial charge on any atom is 0.161 e. The van der Waals surface area contributed by atoms with E-state index in [0.717, 1.165) is 41.1 Å². The van der Waals surface area contributed by atoms with E-state index in [0.29, 0.717) is 6.61 Å². The van der Waals surface area contributed by atoms with Gasteiger partial charge in [0.25, 0.3) is 0 Å². The lowest BCUT2D eigenvalue weighted by atomic mass is 9.94. The quantitative estimate of drug-likeness (QED) is 0.763. The molecule has 5 nitrogen and oxygen atoms in total. The highest BCUT2D eigenvalue weighted by Crippen LogP contribution is 2.35. The molecule has 0 saturated carbocycles. The van der Waals surface area contributed by atoms with Gasteiger partial charge in [-0.3, -0.25) is 4.98 Å². The number of hydrogen-bond donors (Lipinski definition) is 1. The van der Waals surface area contributed by atoms with Crippen LogP contribution in [0.5, 0.6) is 17.2 Å². The summed E-state index contributed by atoms with van der Waals surface area (Å²) in [7, 11) is 3.33. The number of nitrogens with one attached hydrogen (secondary N) is 1. The van der Waals surface area contributed by atoms with Crippen molar-refractivity contribution < 1.29 is 14.2 Å². The molecule has 1 atom stereocenters. The smallest absolute Gasteiger partial charge is 0.161 e. The molecular formula is C21H22N2O3. The van der Waals surface area contributed by atoms with E-state index in [4.69, 9.17) is 14.2 Å². The highest BCUT2D eigenvalue weighted by atomic mass is 16.5. The summed E-state index contributed by atoms with van der Waals surface area (Å²) in [5, 5.41) is 4.62. The van der Waals surface area contributed by atoms with Crippen LogP contribution in [-0.2, 0) is 6.42 Å². The van der Waals surface area contributed by atoms with Crippen molar-refractivity contribution in [2.75, 3.05) is 27.4 Å². The van der Waals surface area contributed by atoms with Crippen molar-refractivity contribution in [1.82, 2.24) is 10.3 Å². The van der Waals surface area contributed by atoms with E-state index < -0.39 is 0 Å². The average molecular weight is 350 g/mol. The van der Waals surface area contributed by atoms with Crippen LogP contribution in [0.4, 0.5) is 0 Å². The molecule has 1 unspecified atom stereocenters. The van der Waals surface area contributed by atoms with Gasteiger partial charge >= 0.3 is 0 Å². The zero-order chi connectivity index (χ0) is 17.9. The fraction of sp³-hybridized carbons (Fsp3) is 0.286. The summed E-state index contributed by atoms with van der Waals surface area (Å²) in [6.45, 7) is 1.43. The summed E-state index contributed by atoms with van der Waals surface area (Å²) in [5.74, 6) is 2.32. The van der Waals surface area contributed by atoms with Crippen molar-refractivity contribution in [3.63, 3.8) is 0 Å². The van der Waals surface area contributed by atoms with Gasteiger partial charge in [-0.1, -0.05) is 18.2 Å². The molecule has 1 aliphatic rings. The Balaban J connectivity index is 1.60. The van der Waals surface area contributed by atoms with Gasteiger partial charge in [-0.15, -0.1) is 0 Å². The molecule has 3 aromatic rings. The summed E-state index contributed by atoms with van der Waals surface area (Å²) in [6, 6.07) is 14.2. The van der Waals surface area contributed by atoms with Crippen molar-refractivity contribution in [2.24, 2.45) is 0 Å². The predicted molar refractivity (Wildman–Crippen MR) is 101 cm³/mol. The van der Waals surface area contributed by atoms with Crippen molar-refractivity contribution >= 4 is 10.9 Å². The normalized spacial score (nSPS) is 16.2. The van der Waals surface area contributed by atoms with Crippen LogP contribution in [0.15, 0.2) is 48.7 Å². The van der Waals surface area contributed by atoms with Gasteiger partial charge in [0.2, 0.25) is 0 Å². The topological polar surface area (TPSA) is 52.6 Å². The summed E-state index contributed by atoms with van der Waals surface area (Å²) in [5.41, 5.74) is 3.35. The monoisotopic (exact) mass is 350 g/mol. The van der Waals surface area contributed by atoms with Gasteiger partial charge in [-0.2, -0.15) is 0 Å². The Bertz CT molecular complexity index is 921. The highest BCUT2D eigenvalue weighted by Gasteiger charge is 2.23. The van der Waals surface area contributed by atoms with E-state index in [1.54, 1.807) is 20.4 Å². The first-order valence-corrected chi connectivity index (χ1v) is 8.75. The minimum Gasteiger partial charge on any atom is -0.493 e. The molecule has 1 aromatic heterocycles. The summed E-state index contributed by atoms with van der Waals surface area (Å²) in [4.78, 5) is 4.46. The number of benzene rings is 2. The van der Waals surface area contributed by atoms with Crippen LogP contribution < -0.4 is 19.5 Å². The maximum atomic E-state index is 6.15. The van der Waals surface area contributed by atoms with Gasteiger partial charge in [-0.25, -0.2) is 0 Å². The molecular weight excluding hydrogens is 328 g/mol. The van der Waals surface area contributed by atoms with Crippen LogP contribution in [0.1, 0.15) is 17.2 Å². The summed E-state index contributed by atoms with van der Waals surface area (Å²) >= 11 is 0. The van der Waals surface area contributed by atoms with Gasteiger partial charge in [0.15, 0.2) is 11.5 Å². The molecule has 0 fully saturated rings. The summed E-state index contributed by atoms with van der Waals surface area (Å²) in [6.07, 6.45) is 2.75. The third kappa shape index (κ3) is 3.06. The fourth-order valence-corrected chi connectivity index (χ4v) is 3.48. The van der Waals surface area contributed by atoms with Gasteiger partial charge in [0, 0.05) is 11.6 Å². The minimum atomic E-state index is 0.0949. The van der Waals surface area contributed by atoms with Gasteiger partial charge < -0.3 is 19.5 Å². The molecule has 4 rings (SSSR count). The Kier molecular flexibility index (Phi) is 4.63. The van der Waals surface area contributed by atoms with E-state index in [1.165, 1.54) is 11.1 Å². The first-order valence-electron chi connectivity index (χ1n) is 8.75. The summed E-state index contributed by atoms with van der Waals surface area (Å²) < 4.78 is 17.0. The number of para-hydroxylation sites is 1. The van der Waals surface area contributed by atoms with Crippen LogP contribution in [0.3, 0.4) is 0 Å². The second kappa shape index (κ2) is 7.22. The van der Waals surface area contributed by atoms with E-state index in [2.05, 4.69) is 22.4 Å². The molecule has 0 aliphatic carbocycles. The zero-order valence-corrected chi connectivity index (χ0v) is 15.0. The number of ether oxygens (including phenoxy) is 3. The van der Waals surface area contributed by atoms with Crippen molar-refractivity contribution in [2.45, 2.75) is 12.5 Å². The molecule has 0 spiro atoms. The number of rotatable bonds is 5. The molecule has 26 heavy (non-hydrogen) atoms. The van der Waals surface area contributed by atoms with Crippen LogP contribution >= 0.6 is 0 Å². The van der Waals surface area contributed by atoms with Crippen LogP contribution in [0.2, 0.25) is 0 Å². The van der Waals surface area contributed by atoms with Crippen molar-refractivity contribution in [3.05, 3.63) is 59.8 Å². The van der Waals surface area contributed by atoms with Gasteiger partial charge in [-0.05, 0) is 48.4 Å². The lowest BCUT2D eigenvalue weighted by molar-refractivity contribution is 0.262. The molecule has 0 radical (unpaired) electrons. The first-order chi connectivity index (χ1) is 12.8. The van der Waals surface area contributed by atoms with Crippen molar-refractivity contribution in [1.29, 1.82) is 0 Å². The molecule has 0 amide bonds. The van der Waals surface area contributed by atoms with Crippen LogP contribution in [-0.4, -0.2) is 32.4 Å². The third-order valence-corrected chi connectivity index (χ3v) is 4.81. The average Bonchev–Trinajstić information content (AvgIpc) is 2.71. The van der Waals surface area contributed by atoms with E-state index >= 15 is 0 Å². The Morgan fingerprint density at radius 2 is 1.85 bits per heavy atom. The number of aromatic nitrogens is 1. The first kappa shape index (κ1) is 16.7.